The van der Waals surface area contributed by atoms with Crippen LogP contribution in [0.5, 0.6) is 0 Å². The van der Waals surface area contributed by atoms with E-state index in [1.165, 1.54) is 6.42 Å². The minimum Gasteiger partial charge on any atom is -0.395 e. The maximum atomic E-state index is 12.6. The maximum absolute atomic E-state index is 12.6. The van der Waals surface area contributed by atoms with Crippen LogP contribution in [0.4, 0.5) is 0 Å². The molecule has 2 heterocycles. The number of piperidine rings is 2. The zero-order valence-electron chi connectivity index (χ0n) is 16.9. The molecule has 2 aliphatic heterocycles. The van der Waals surface area contributed by atoms with E-state index in [2.05, 4.69) is 10.2 Å². The molecule has 0 aromatic heterocycles. The second-order valence-corrected chi connectivity index (χ2v) is 8.09. The molecule has 2 fully saturated rings. The van der Waals surface area contributed by atoms with Gasteiger partial charge < -0.3 is 15.3 Å². The predicted molar refractivity (Wildman–Crippen MR) is 109 cm³/mol. The average Bonchev–Trinajstić information content (AvgIpc) is 2.74. The van der Waals surface area contributed by atoms with Crippen molar-refractivity contribution in [1.29, 1.82) is 0 Å². The Labute approximate surface area is 167 Å². The summed E-state index contributed by atoms with van der Waals surface area (Å²) < 4.78 is 0. The molecule has 0 bridgehead atoms. The van der Waals surface area contributed by atoms with Crippen LogP contribution in [0.1, 0.15) is 48.0 Å². The van der Waals surface area contributed by atoms with Crippen molar-refractivity contribution in [2.45, 2.75) is 45.1 Å². The fourth-order valence-corrected chi connectivity index (χ4v) is 4.25. The number of benzene rings is 1. The monoisotopic (exact) mass is 387 g/mol. The minimum atomic E-state index is -0.0166. The van der Waals surface area contributed by atoms with E-state index in [1.54, 1.807) is 0 Å². The molecular weight excluding hydrogens is 354 g/mol. The number of aryl methyl sites for hydroxylation is 1. The van der Waals surface area contributed by atoms with Gasteiger partial charge in [-0.2, -0.15) is 0 Å². The molecule has 2 N–H and O–H groups in total. The molecule has 0 radical (unpaired) electrons. The van der Waals surface area contributed by atoms with Gasteiger partial charge in [0.1, 0.15) is 0 Å². The van der Waals surface area contributed by atoms with Gasteiger partial charge in [0.15, 0.2) is 0 Å². The van der Waals surface area contributed by atoms with E-state index < -0.39 is 0 Å². The Balaban J connectivity index is 1.40. The van der Waals surface area contributed by atoms with Gasteiger partial charge in [-0.25, -0.2) is 0 Å². The van der Waals surface area contributed by atoms with E-state index >= 15 is 0 Å². The molecule has 28 heavy (non-hydrogen) atoms. The maximum Gasteiger partial charge on any atom is 0.253 e. The van der Waals surface area contributed by atoms with Crippen LogP contribution in [-0.2, 0) is 4.79 Å². The third-order valence-electron chi connectivity index (χ3n) is 6.11. The molecule has 2 saturated heterocycles. The largest absolute Gasteiger partial charge is 0.395 e. The second kappa shape index (κ2) is 10.0. The van der Waals surface area contributed by atoms with E-state index in [1.807, 2.05) is 36.1 Å². The summed E-state index contributed by atoms with van der Waals surface area (Å²) in [7, 11) is 0. The number of hydrogen-bond donors (Lipinski definition) is 2. The number of nitrogens with zero attached hydrogens (tertiary/aromatic N) is 2. The van der Waals surface area contributed by atoms with Crippen LogP contribution < -0.4 is 5.32 Å². The molecule has 2 aliphatic rings. The number of carbonyl (C=O) groups excluding carboxylic acids is 2. The van der Waals surface area contributed by atoms with Crippen LogP contribution in [0, 0.1) is 12.8 Å². The standard InChI is InChI=1S/C22H33N3O3/c1-17-5-7-19(8-6-17)22(28)25-13-9-18(10-14-25)21(27)23-11-15-24-12-3-2-4-20(24)16-26/h5-8,18,20,26H,2-4,9-16H2,1H3,(H,23,27). The van der Waals surface area contributed by atoms with Crippen LogP contribution in [-0.4, -0.2) is 72.1 Å². The highest BCUT2D eigenvalue weighted by atomic mass is 16.3. The van der Waals surface area contributed by atoms with Gasteiger partial charge in [-0.1, -0.05) is 24.1 Å². The molecule has 1 unspecified atom stereocenters. The first-order valence-corrected chi connectivity index (χ1v) is 10.6. The lowest BCUT2D eigenvalue weighted by Crippen LogP contribution is -2.47. The Morgan fingerprint density at radius 2 is 1.79 bits per heavy atom. The first-order chi connectivity index (χ1) is 13.6. The van der Waals surface area contributed by atoms with E-state index in [0.717, 1.165) is 31.5 Å². The lowest BCUT2D eigenvalue weighted by molar-refractivity contribution is -0.126. The summed E-state index contributed by atoms with van der Waals surface area (Å²) >= 11 is 0. The summed E-state index contributed by atoms with van der Waals surface area (Å²) in [6.07, 6.45) is 4.81. The summed E-state index contributed by atoms with van der Waals surface area (Å²) in [6, 6.07) is 7.89. The smallest absolute Gasteiger partial charge is 0.253 e. The number of aliphatic hydroxyl groups excluding tert-OH is 1. The SMILES string of the molecule is Cc1ccc(C(=O)N2CCC(C(=O)NCCN3CCCCC3CO)CC2)cc1. The van der Waals surface area contributed by atoms with E-state index in [4.69, 9.17) is 0 Å². The molecular formula is C22H33N3O3. The van der Waals surface area contributed by atoms with Crippen molar-refractivity contribution in [2.24, 2.45) is 5.92 Å². The second-order valence-electron chi connectivity index (χ2n) is 8.09. The Morgan fingerprint density at radius 1 is 1.07 bits per heavy atom. The van der Waals surface area contributed by atoms with Crippen LogP contribution in [0.2, 0.25) is 0 Å². The number of aliphatic hydroxyl groups is 1. The van der Waals surface area contributed by atoms with Crippen LogP contribution in [0.15, 0.2) is 24.3 Å². The molecule has 154 valence electrons. The van der Waals surface area contributed by atoms with Crippen LogP contribution in [0.3, 0.4) is 0 Å². The first kappa shape index (κ1) is 20.8. The van der Waals surface area contributed by atoms with Gasteiger partial charge in [-0.3, -0.25) is 14.5 Å². The van der Waals surface area contributed by atoms with Gasteiger partial charge >= 0.3 is 0 Å². The number of amides is 2. The Morgan fingerprint density at radius 3 is 2.46 bits per heavy atom. The van der Waals surface area contributed by atoms with Crippen molar-refractivity contribution in [2.75, 3.05) is 39.3 Å². The third kappa shape index (κ3) is 5.32. The van der Waals surface area contributed by atoms with Crippen molar-refractivity contribution >= 4 is 11.8 Å². The van der Waals surface area contributed by atoms with Gasteiger partial charge in [0.2, 0.25) is 5.91 Å². The van der Waals surface area contributed by atoms with Gasteiger partial charge in [0, 0.05) is 43.7 Å². The lowest BCUT2D eigenvalue weighted by atomic mass is 9.95. The van der Waals surface area contributed by atoms with E-state index in [0.29, 0.717) is 38.0 Å². The zero-order valence-corrected chi connectivity index (χ0v) is 16.9. The average molecular weight is 388 g/mol. The zero-order chi connectivity index (χ0) is 19.9. The molecule has 1 aromatic rings. The van der Waals surface area contributed by atoms with Gasteiger partial charge in [-0.15, -0.1) is 0 Å². The van der Waals surface area contributed by atoms with Crippen LogP contribution in [0.25, 0.3) is 0 Å². The number of rotatable bonds is 6. The summed E-state index contributed by atoms with van der Waals surface area (Å²) in [5.41, 5.74) is 1.86. The van der Waals surface area contributed by atoms with Gasteiger partial charge in [0.05, 0.1) is 6.61 Å². The molecule has 6 nitrogen and oxygen atoms in total. The summed E-state index contributed by atoms with van der Waals surface area (Å²) in [5, 5.41) is 12.5. The molecule has 0 saturated carbocycles. The van der Waals surface area contributed by atoms with E-state index in [9.17, 15) is 14.7 Å². The van der Waals surface area contributed by atoms with Crippen molar-refractivity contribution in [1.82, 2.24) is 15.1 Å². The van der Waals surface area contributed by atoms with Crippen molar-refractivity contribution in [3.05, 3.63) is 35.4 Å². The minimum absolute atomic E-state index is 0.0166. The third-order valence-corrected chi connectivity index (χ3v) is 6.11. The number of hydrogen-bond acceptors (Lipinski definition) is 4. The quantitative estimate of drug-likeness (QED) is 0.781. The summed E-state index contributed by atoms with van der Waals surface area (Å²) in [6.45, 7) is 5.88. The van der Waals surface area contributed by atoms with Crippen LogP contribution >= 0.6 is 0 Å². The molecule has 2 amide bonds. The number of carbonyl (C=O) groups is 2. The summed E-state index contributed by atoms with van der Waals surface area (Å²) in [4.78, 5) is 29.2. The Kier molecular flexibility index (Phi) is 7.45. The molecule has 6 heteroatoms. The highest BCUT2D eigenvalue weighted by Gasteiger charge is 2.28. The molecule has 1 atom stereocenters. The predicted octanol–water partition coefficient (Wildman–Crippen LogP) is 1.81. The van der Waals surface area contributed by atoms with Gasteiger partial charge in [0.25, 0.3) is 5.91 Å². The normalized spacial score (nSPS) is 21.5. The Hall–Kier alpha value is -1.92. The molecule has 0 aliphatic carbocycles. The fraction of sp³-hybridized carbons (Fsp3) is 0.636. The fourth-order valence-electron chi connectivity index (χ4n) is 4.25. The van der Waals surface area contributed by atoms with Crippen molar-refractivity contribution < 1.29 is 14.7 Å². The van der Waals surface area contributed by atoms with Gasteiger partial charge in [-0.05, 0) is 51.3 Å². The molecule has 3 rings (SSSR count). The highest BCUT2D eigenvalue weighted by Crippen LogP contribution is 2.20. The number of likely N-dealkylation sites (tertiary alicyclic amines) is 2. The lowest BCUT2D eigenvalue weighted by Gasteiger charge is -2.35. The Bertz CT molecular complexity index is 653. The van der Waals surface area contributed by atoms with Crippen molar-refractivity contribution in [3.8, 4) is 0 Å². The first-order valence-electron chi connectivity index (χ1n) is 10.6. The molecule has 1 aromatic carbocycles. The van der Waals surface area contributed by atoms with Crippen molar-refractivity contribution in [3.63, 3.8) is 0 Å². The highest BCUT2D eigenvalue weighted by molar-refractivity contribution is 5.94. The number of nitrogens with one attached hydrogen (secondary N) is 1. The molecule has 0 spiro atoms. The van der Waals surface area contributed by atoms with E-state index in [-0.39, 0.29) is 30.4 Å². The topological polar surface area (TPSA) is 72.9 Å². The summed E-state index contributed by atoms with van der Waals surface area (Å²) in [5.74, 6) is 0.135.